The lowest BCUT2D eigenvalue weighted by Gasteiger charge is -2.18. The van der Waals surface area contributed by atoms with E-state index in [1.165, 1.54) is 18.2 Å². The molecule has 0 saturated heterocycles. The quantitative estimate of drug-likeness (QED) is 0.721. The minimum absolute atomic E-state index is 0.00926. The van der Waals surface area contributed by atoms with Crippen molar-refractivity contribution in [1.82, 2.24) is 5.32 Å². The van der Waals surface area contributed by atoms with Crippen LogP contribution in [0.15, 0.2) is 24.3 Å². The Morgan fingerprint density at radius 3 is 2.20 bits per heavy atom. The largest absolute Gasteiger partial charge is 0.478 e. The minimum atomic E-state index is -1.20. The van der Waals surface area contributed by atoms with Crippen molar-refractivity contribution in [3.8, 4) is 0 Å². The van der Waals surface area contributed by atoms with E-state index in [2.05, 4.69) is 5.32 Å². The van der Waals surface area contributed by atoms with Crippen molar-refractivity contribution in [2.45, 2.75) is 26.3 Å². The summed E-state index contributed by atoms with van der Waals surface area (Å²) in [7, 11) is 0. The number of aromatic carboxylic acids is 1. The Morgan fingerprint density at radius 2 is 1.75 bits per heavy atom. The highest BCUT2D eigenvalue weighted by Gasteiger charge is 2.22. The third-order valence-corrected chi connectivity index (χ3v) is 2.76. The number of hydrogen-bond acceptors (Lipinski definition) is 3. The lowest BCUT2D eigenvalue weighted by molar-refractivity contribution is -0.120. The molecule has 2 amide bonds. The van der Waals surface area contributed by atoms with E-state index < -0.39 is 23.8 Å². The van der Waals surface area contributed by atoms with Crippen molar-refractivity contribution in [2.24, 2.45) is 11.7 Å². The van der Waals surface area contributed by atoms with E-state index in [-0.39, 0.29) is 17.0 Å². The van der Waals surface area contributed by atoms with Crippen LogP contribution in [0.3, 0.4) is 0 Å². The number of amides is 2. The first-order valence-corrected chi connectivity index (χ1v) is 6.25. The Hall–Kier alpha value is -2.37. The van der Waals surface area contributed by atoms with Crippen LogP contribution >= 0.6 is 0 Å². The van der Waals surface area contributed by atoms with Gasteiger partial charge in [-0.15, -0.1) is 0 Å². The molecule has 1 rings (SSSR count). The lowest BCUT2D eigenvalue weighted by Crippen LogP contribution is -2.45. The zero-order valence-electron chi connectivity index (χ0n) is 11.4. The number of benzene rings is 1. The van der Waals surface area contributed by atoms with Gasteiger partial charge in [-0.2, -0.15) is 0 Å². The highest BCUT2D eigenvalue weighted by molar-refractivity contribution is 6.05. The van der Waals surface area contributed by atoms with Gasteiger partial charge in [0.15, 0.2) is 0 Å². The topological polar surface area (TPSA) is 109 Å². The molecule has 0 fully saturated rings. The smallest absolute Gasteiger partial charge is 0.336 e. The summed E-state index contributed by atoms with van der Waals surface area (Å²) in [4.78, 5) is 34.4. The summed E-state index contributed by atoms with van der Waals surface area (Å²) in [6.07, 6.45) is 0.399. The molecule has 0 unspecified atom stereocenters. The van der Waals surface area contributed by atoms with Crippen LogP contribution in [0.1, 0.15) is 41.0 Å². The molecule has 108 valence electrons. The summed E-state index contributed by atoms with van der Waals surface area (Å²) >= 11 is 0. The molecule has 4 N–H and O–H groups in total. The molecule has 1 atom stereocenters. The molecular formula is C14H18N2O4. The van der Waals surface area contributed by atoms with Crippen molar-refractivity contribution >= 4 is 17.8 Å². The summed E-state index contributed by atoms with van der Waals surface area (Å²) < 4.78 is 0. The van der Waals surface area contributed by atoms with Gasteiger partial charge in [-0.3, -0.25) is 9.59 Å². The first-order chi connectivity index (χ1) is 9.32. The molecule has 0 heterocycles. The molecule has 0 radical (unpaired) electrons. The predicted molar refractivity (Wildman–Crippen MR) is 73.3 cm³/mol. The van der Waals surface area contributed by atoms with Crippen LogP contribution in [-0.4, -0.2) is 28.9 Å². The van der Waals surface area contributed by atoms with Gasteiger partial charge < -0.3 is 16.2 Å². The van der Waals surface area contributed by atoms with Crippen molar-refractivity contribution in [2.75, 3.05) is 0 Å². The van der Waals surface area contributed by atoms with E-state index in [9.17, 15) is 14.4 Å². The van der Waals surface area contributed by atoms with Gasteiger partial charge in [-0.1, -0.05) is 26.0 Å². The van der Waals surface area contributed by atoms with Gasteiger partial charge in [-0.25, -0.2) is 4.79 Å². The Bertz CT molecular complexity index is 526. The van der Waals surface area contributed by atoms with Gasteiger partial charge in [0.05, 0.1) is 11.1 Å². The van der Waals surface area contributed by atoms with Gasteiger partial charge in [-0.05, 0) is 24.5 Å². The molecule has 0 aromatic heterocycles. The standard InChI is InChI=1S/C14H18N2O4/c1-8(2)7-11(12(15)17)16-13(18)9-5-3-4-6-10(9)14(19)20/h3-6,8,11H,7H2,1-2H3,(H2,15,17)(H,16,18)(H,19,20)/t11-/m1/s1. The van der Waals surface area contributed by atoms with Gasteiger partial charge in [0, 0.05) is 0 Å². The van der Waals surface area contributed by atoms with Gasteiger partial charge >= 0.3 is 5.97 Å². The number of nitrogens with two attached hydrogens (primary N) is 1. The van der Waals surface area contributed by atoms with Crippen LogP contribution in [0.4, 0.5) is 0 Å². The zero-order valence-corrected chi connectivity index (χ0v) is 11.4. The third kappa shape index (κ3) is 4.08. The van der Waals surface area contributed by atoms with Gasteiger partial charge in [0.1, 0.15) is 6.04 Å². The second kappa shape index (κ2) is 6.70. The van der Waals surface area contributed by atoms with Crippen LogP contribution < -0.4 is 11.1 Å². The molecule has 1 aromatic rings. The van der Waals surface area contributed by atoms with Crippen LogP contribution in [0, 0.1) is 5.92 Å². The third-order valence-electron chi connectivity index (χ3n) is 2.76. The first kappa shape index (κ1) is 15.7. The summed E-state index contributed by atoms with van der Waals surface area (Å²) in [6.45, 7) is 3.79. The number of rotatable bonds is 6. The number of carbonyl (C=O) groups is 3. The fourth-order valence-corrected chi connectivity index (χ4v) is 1.82. The molecule has 6 heteroatoms. The van der Waals surface area contributed by atoms with Gasteiger partial charge in [0.2, 0.25) is 5.91 Å². The number of hydrogen-bond donors (Lipinski definition) is 3. The number of carboxylic acids is 1. The van der Waals surface area contributed by atoms with Crippen LogP contribution in [0.2, 0.25) is 0 Å². The van der Waals surface area contributed by atoms with Gasteiger partial charge in [0.25, 0.3) is 5.91 Å². The summed E-state index contributed by atoms with van der Waals surface area (Å²) in [6, 6.07) is 5.00. The summed E-state index contributed by atoms with van der Waals surface area (Å²) in [5.74, 6) is -2.29. The van der Waals surface area contributed by atoms with E-state index in [1.807, 2.05) is 13.8 Å². The molecule has 6 nitrogen and oxygen atoms in total. The maximum Gasteiger partial charge on any atom is 0.336 e. The molecule has 0 aliphatic heterocycles. The Labute approximate surface area is 117 Å². The Kier molecular flexibility index (Phi) is 5.25. The number of carbonyl (C=O) groups excluding carboxylic acids is 2. The van der Waals surface area contributed by atoms with Crippen molar-refractivity contribution < 1.29 is 19.5 Å². The molecule has 20 heavy (non-hydrogen) atoms. The molecule has 0 aliphatic carbocycles. The first-order valence-electron chi connectivity index (χ1n) is 6.25. The summed E-state index contributed by atoms with van der Waals surface area (Å²) in [5, 5.41) is 11.5. The maximum atomic E-state index is 12.1. The van der Waals surface area contributed by atoms with E-state index in [1.54, 1.807) is 6.07 Å². The second-order valence-electron chi connectivity index (χ2n) is 4.91. The highest BCUT2D eigenvalue weighted by atomic mass is 16.4. The monoisotopic (exact) mass is 278 g/mol. The maximum absolute atomic E-state index is 12.1. The SMILES string of the molecule is CC(C)C[C@@H](NC(=O)c1ccccc1C(=O)O)C(N)=O. The van der Waals surface area contributed by atoms with Crippen molar-refractivity contribution in [3.05, 3.63) is 35.4 Å². The lowest BCUT2D eigenvalue weighted by atomic mass is 10.0. The average Bonchev–Trinajstić information content (AvgIpc) is 2.37. The van der Waals surface area contributed by atoms with E-state index in [0.717, 1.165) is 0 Å². The molecular weight excluding hydrogens is 260 g/mol. The molecule has 0 bridgehead atoms. The number of carboxylic acid groups (broad SMARTS) is 1. The fourth-order valence-electron chi connectivity index (χ4n) is 1.82. The minimum Gasteiger partial charge on any atom is -0.478 e. The van der Waals surface area contributed by atoms with E-state index in [0.29, 0.717) is 6.42 Å². The molecule has 1 aromatic carbocycles. The molecule has 0 aliphatic rings. The van der Waals surface area contributed by atoms with E-state index >= 15 is 0 Å². The Balaban J connectivity index is 2.95. The number of nitrogens with one attached hydrogen (secondary N) is 1. The zero-order chi connectivity index (χ0) is 15.3. The predicted octanol–water partition coefficient (Wildman–Crippen LogP) is 1.01. The number of primary amides is 1. The summed E-state index contributed by atoms with van der Waals surface area (Å²) in [5.41, 5.74) is 5.14. The van der Waals surface area contributed by atoms with Crippen LogP contribution in [-0.2, 0) is 4.79 Å². The van der Waals surface area contributed by atoms with Crippen LogP contribution in [0.25, 0.3) is 0 Å². The molecule has 0 spiro atoms. The van der Waals surface area contributed by atoms with Crippen molar-refractivity contribution in [3.63, 3.8) is 0 Å². The highest BCUT2D eigenvalue weighted by Crippen LogP contribution is 2.11. The fraction of sp³-hybridized carbons (Fsp3) is 0.357. The van der Waals surface area contributed by atoms with Crippen LogP contribution in [0.5, 0.6) is 0 Å². The second-order valence-corrected chi connectivity index (χ2v) is 4.91. The normalized spacial score (nSPS) is 11.9. The molecule has 0 saturated carbocycles. The Morgan fingerprint density at radius 1 is 1.20 bits per heavy atom. The average molecular weight is 278 g/mol. The van der Waals surface area contributed by atoms with E-state index in [4.69, 9.17) is 10.8 Å². The van der Waals surface area contributed by atoms with Crippen molar-refractivity contribution in [1.29, 1.82) is 0 Å².